The predicted octanol–water partition coefficient (Wildman–Crippen LogP) is 4.52. The molecule has 0 amide bonds. The maximum Gasteiger partial charge on any atom is 0.416 e. The molecule has 0 saturated heterocycles. The van der Waals surface area contributed by atoms with Gasteiger partial charge in [-0.3, -0.25) is 4.99 Å². The van der Waals surface area contributed by atoms with Crippen LogP contribution in [-0.4, -0.2) is 24.1 Å². The summed E-state index contributed by atoms with van der Waals surface area (Å²) >= 11 is 0. The Labute approximate surface area is 175 Å². The molecular weight excluding hydrogens is 468 g/mol. The van der Waals surface area contributed by atoms with Crippen LogP contribution in [0.15, 0.2) is 47.7 Å². The van der Waals surface area contributed by atoms with Crippen molar-refractivity contribution in [2.45, 2.75) is 32.0 Å². The molecule has 2 rings (SSSR count). The minimum Gasteiger partial charge on any atom is -0.357 e. The molecule has 0 aliphatic rings. The SMILES string of the molecule is CN=C(NCCC(C)c1cccc(C(F)(F)F)c1)NCc1ccn(C)c1.I. The van der Waals surface area contributed by atoms with E-state index in [9.17, 15) is 13.2 Å². The van der Waals surface area contributed by atoms with Gasteiger partial charge in [-0.15, -0.1) is 24.0 Å². The highest BCUT2D eigenvalue weighted by atomic mass is 127. The molecule has 150 valence electrons. The topological polar surface area (TPSA) is 41.4 Å². The fraction of sp³-hybridized carbons (Fsp3) is 0.421. The Kier molecular flexibility index (Phi) is 9.14. The summed E-state index contributed by atoms with van der Waals surface area (Å²) in [6, 6.07) is 7.55. The van der Waals surface area contributed by atoms with Gasteiger partial charge < -0.3 is 15.2 Å². The third-order valence-electron chi connectivity index (χ3n) is 4.23. The monoisotopic (exact) mass is 494 g/mol. The molecule has 2 N–H and O–H groups in total. The number of halogens is 4. The van der Waals surface area contributed by atoms with Gasteiger partial charge in [-0.2, -0.15) is 13.2 Å². The third-order valence-corrected chi connectivity index (χ3v) is 4.23. The lowest BCUT2D eigenvalue weighted by Crippen LogP contribution is -2.37. The van der Waals surface area contributed by atoms with Crippen molar-refractivity contribution in [2.24, 2.45) is 12.0 Å². The van der Waals surface area contributed by atoms with E-state index in [1.807, 2.05) is 37.0 Å². The van der Waals surface area contributed by atoms with Crippen LogP contribution in [0.2, 0.25) is 0 Å². The zero-order valence-electron chi connectivity index (χ0n) is 15.7. The smallest absolute Gasteiger partial charge is 0.357 e. The number of aliphatic imine (C=N–C) groups is 1. The second-order valence-electron chi connectivity index (χ2n) is 6.35. The third kappa shape index (κ3) is 7.43. The van der Waals surface area contributed by atoms with E-state index in [1.165, 1.54) is 12.1 Å². The van der Waals surface area contributed by atoms with Gasteiger partial charge >= 0.3 is 6.18 Å². The Hall–Kier alpha value is -1.71. The van der Waals surface area contributed by atoms with Crippen molar-refractivity contribution in [3.05, 3.63) is 59.4 Å². The lowest BCUT2D eigenvalue weighted by molar-refractivity contribution is -0.137. The van der Waals surface area contributed by atoms with E-state index >= 15 is 0 Å². The molecule has 0 aliphatic carbocycles. The van der Waals surface area contributed by atoms with E-state index in [4.69, 9.17) is 0 Å². The summed E-state index contributed by atoms with van der Waals surface area (Å²) in [6.45, 7) is 3.20. The Morgan fingerprint density at radius 3 is 2.56 bits per heavy atom. The number of nitrogens with zero attached hydrogens (tertiary/aromatic N) is 2. The van der Waals surface area contributed by atoms with Gasteiger partial charge in [-0.05, 0) is 35.6 Å². The van der Waals surface area contributed by atoms with Crippen LogP contribution in [0.4, 0.5) is 13.2 Å². The molecule has 27 heavy (non-hydrogen) atoms. The molecule has 1 heterocycles. The molecule has 1 aromatic heterocycles. The normalized spacial score (nSPS) is 13.0. The highest BCUT2D eigenvalue weighted by Gasteiger charge is 2.30. The average Bonchev–Trinajstić information content (AvgIpc) is 3.02. The van der Waals surface area contributed by atoms with E-state index in [1.54, 1.807) is 13.1 Å². The number of benzene rings is 1. The van der Waals surface area contributed by atoms with Gasteiger partial charge in [-0.1, -0.05) is 25.1 Å². The van der Waals surface area contributed by atoms with E-state index in [0.29, 0.717) is 31.0 Å². The quantitative estimate of drug-likeness (QED) is 0.353. The average molecular weight is 494 g/mol. The molecular formula is C19H26F3IN4. The van der Waals surface area contributed by atoms with Crippen LogP contribution in [0.3, 0.4) is 0 Å². The summed E-state index contributed by atoms with van der Waals surface area (Å²) in [5.41, 5.74) is 1.23. The number of aromatic nitrogens is 1. The number of guanidine groups is 1. The Morgan fingerprint density at radius 2 is 1.96 bits per heavy atom. The van der Waals surface area contributed by atoms with Gasteiger partial charge in [0.05, 0.1) is 5.56 Å². The number of aryl methyl sites for hydroxylation is 1. The van der Waals surface area contributed by atoms with Gasteiger partial charge in [0, 0.05) is 39.6 Å². The molecule has 0 spiro atoms. The minimum absolute atomic E-state index is 0. The number of hydrogen-bond acceptors (Lipinski definition) is 1. The molecule has 0 bridgehead atoms. The van der Waals surface area contributed by atoms with Crippen molar-refractivity contribution < 1.29 is 13.2 Å². The van der Waals surface area contributed by atoms with Crippen molar-refractivity contribution in [1.29, 1.82) is 0 Å². The summed E-state index contributed by atoms with van der Waals surface area (Å²) in [6.07, 6.45) is 0.394. The molecule has 0 saturated carbocycles. The van der Waals surface area contributed by atoms with Crippen molar-refractivity contribution in [3.63, 3.8) is 0 Å². The Balaban J connectivity index is 0.00000364. The molecule has 1 atom stereocenters. The molecule has 0 radical (unpaired) electrons. The number of nitrogens with one attached hydrogen (secondary N) is 2. The van der Waals surface area contributed by atoms with Crippen molar-refractivity contribution in [1.82, 2.24) is 15.2 Å². The largest absolute Gasteiger partial charge is 0.416 e. The molecule has 4 nitrogen and oxygen atoms in total. The first-order valence-electron chi connectivity index (χ1n) is 8.52. The lowest BCUT2D eigenvalue weighted by Gasteiger charge is -2.16. The van der Waals surface area contributed by atoms with E-state index < -0.39 is 11.7 Å². The van der Waals surface area contributed by atoms with Crippen LogP contribution < -0.4 is 10.6 Å². The van der Waals surface area contributed by atoms with Gasteiger partial charge in [0.25, 0.3) is 0 Å². The number of hydrogen-bond donors (Lipinski definition) is 2. The van der Waals surface area contributed by atoms with E-state index in [0.717, 1.165) is 11.6 Å². The van der Waals surface area contributed by atoms with Crippen LogP contribution >= 0.6 is 24.0 Å². The summed E-state index contributed by atoms with van der Waals surface area (Å²) in [5.74, 6) is 0.683. The summed E-state index contributed by atoms with van der Waals surface area (Å²) in [7, 11) is 3.66. The molecule has 1 unspecified atom stereocenters. The first kappa shape index (κ1) is 23.3. The fourth-order valence-corrected chi connectivity index (χ4v) is 2.67. The zero-order chi connectivity index (χ0) is 19.2. The van der Waals surface area contributed by atoms with E-state index in [2.05, 4.69) is 15.6 Å². The van der Waals surface area contributed by atoms with Gasteiger partial charge in [-0.25, -0.2) is 0 Å². The molecule has 2 aromatic rings. The molecule has 0 fully saturated rings. The molecule has 1 aromatic carbocycles. The van der Waals surface area contributed by atoms with Crippen LogP contribution in [0.5, 0.6) is 0 Å². The van der Waals surface area contributed by atoms with Crippen LogP contribution in [-0.2, 0) is 19.8 Å². The summed E-state index contributed by atoms with van der Waals surface area (Å²) < 4.78 is 40.4. The predicted molar refractivity (Wildman–Crippen MR) is 114 cm³/mol. The number of alkyl halides is 3. The maximum atomic E-state index is 12.8. The van der Waals surface area contributed by atoms with Gasteiger partial charge in [0.15, 0.2) is 5.96 Å². The van der Waals surface area contributed by atoms with Gasteiger partial charge in [0.1, 0.15) is 0 Å². The van der Waals surface area contributed by atoms with Crippen molar-refractivity contribution in [3.8, 4) is 0 Å². The second-order valence-corrected chi connectivity index (χ2v) is 6.35. The number of rotatable bonds is 6. The van der Waals surface area contributed by atoms with Crippen LogP contribution in [0, 0.1) is 0 Å². The zero-order valence-corrected chi connectivity index (χ0v) is 18.0. The Morgan fingerprint density at radius 1 is 1.22 bits per heavy atom. The van der Waals surface area contributed by atoms with Crippen molar-refractivity contribution >= 4 is 29.9 Å². The first-order valence-corrected chi connectivity index (χ1v) is 8.52. The highest BCUT2D eigenvalue weighted by molar-refractivity contribution is 14.0. The fourth-order valence-electron chi connectivity index (χ4n) is 2.67. The first-order chi connectivity index (χ1) is 12.3. The second kappa shape index (κ2) is 10.6. The maximum absolute atomic E-state index is 12.8. The molecule has 0 aliphatic heterocycles. The standard InChI is InChI=1S/C19H25F3N4.HI/c1-14(16-5-4-6-17(11-16)19(20,21)22)7-9-24-18(23-2)25-12-15-8-10-26(3)13-15;/h4-6,8,10-11,13-14H,7,9,12H2,1-3H3,(H2,23,24,25);1H. The Bertz CT molecular complexity index is 741. The van der Waals surface area contributed by atoms with Gasteiger partial charge in [0.2, 0.25) is 0 Å². The van der Waals surface area contributed by atoms with E-state index in [-0.39, 0.29) is 29.9 Å². The van der Waals surface area contributed by atoms with Crippen LogP contribution in [0.25, 0.3) is 0 Å². The summed E-state index contributed by atoms with van der Waals surface area (Å²) in [4.78, 5) is 4.16. The van der Waals surface area contributed by atoms with Crippen molar-refractivity contribution in [2.75, 3.05) is 13.6 Å². The highest BCUT2D eigenvalue weighted by Crippen LogP contribution is 2.31. The van der Waals surface area contributed by atoms with Crippen LogP contribution in [0.1, 0.15) is 36.0 Å². The summed E-state index contributed by atoms with van der Waals surface area (Å²) in [5, 5.41) is 6.42. The lowest BCUT2D eigenvalue weighted by atomic mass is 9.96. The minimum atomic E-state index is -4.31. The molecule has 8 heteroatoms.